The predicted octanol–water partition coefficient (Wildman–Crippen LogP) is 2.49. The molecule has 0 aliphatic carbocycles. The molecule has 0 amide bonds. The van der Waals surface area contributed by atoms with Gasteiger partial charge in [-0.3, -0.25) is 4.98 Å². The van der Waals surface area contributed by atoms with E-state index in [-0.39, 0.29) is 0 Å². The van der Waals surface area contributed by atoms with E-state index in [2.05, 4.69) is 9.98 Å². The first-order valence-corrected chi connectivity index (χ1v) is 6.17. The number of ether oxygens (including phenoxy) is 1. The number of rotatable bonds is 2. The summed E-state index contributed by atoms with van der Waals surface area (Å²) in [4.78, 5) is 20.8. The number of carbonyl (C=O) groups excluding carboxylic acids is 1. The van der Waals surface area contributed by atoms with Crippen molar-refractivity contribution in [2.75, 3.05) is 0 Å². The molecule has 0 saturated carbocycles. The number of pyridine rings is 1. The Morgan fingerprint density at radius 3 is 2.94 bits per heavy atom. The van der Waals surface area contributed by atoms with Crippen LogP contribution in [0, 0.1) is 0 Å². The van der Waals surface area contributed by atoms with Crippen LogP contribution >= 0.6 is 11.3 Å². The van der Waals surface area contributed by atoms with E-state index in [1.165, 1.54) is 0 Å². The van der Waals surface area contributed by atoms with Crippen LogP contribution < -0.4 is 0 Å². The molecular weight excluding hydrogens is 248 g/mol. The van der Waals surface area contributed by atoms with Crippen LogP contribution in [0.15, 0.2) is 52.7 Å². The molecule has 2 aromatic heterocycles. The number of nitrogens with zero attached hydrogens (tertiary/aromatic N) is 2. The maximum Gasteiger partial charge on any atom is 0.363 e. The molecule has 0 radical (unpaired) electrons. The predicted molar refractivity (Wildman–Crippen MR) is 69.2 cm³/mol. The topological polar surface area (TPSA) is 51.5 Å². The molecule has 0 atom stereocenters. The molecule has 3 heterocycles. The van der Waals surface area contributed by atoms with E-state index in [1.807, 2.05) is 17.5 Å². The Hall–Kier alpha value is -2.27. The van der Waals surface area contributed by atoms with Gasteiger partial charge < -0.3 is 4.74 Å². The third kappa shape index (κ3) is 2.08. The first-order chi connectivity index (χ1) is 8.83. The molecule has 0 N–H and O–H groups in total. The fourth-order valence-electron chi connectivity index (χ4n) is 1.53. The minimum atomic E-state index is -0.428. The molecule has 3 rings (SSSR count). The van der Waals surface area contributed by atoms with Crippen LogP contribution in [-0.4, -0.2) is 16.9 Å². The summed E-state index contributed by atoms with van der Waals surface area (Å²) >= 11 is 1.54. The first kappa shape index (κ1) is 10.9. The molecule has 2 aromatic rings. The summed E-state index contributed by atoms with van der Waals surface area (Å²) in [6.45, 7) is 0. The second-order valence-electron chi connectivity index (χ2n) is 3.59. The van der Waals surface area contributed by atoms with Crippen molar-refractivity contribution in [3.8, 4) is 0 Å². The maximum absolute atomic E-state index is 11.7. The highest BCUT2D eigenvalue weighted by Gasteiger charge is 2.24. The van der Waals surface area contributed by atoms with Crippen LogP contribution in [0.25, 0.3) is 6.08 Å². The van der Waals surface area contributed by atoms with Crippen LogP contribution in [0.4, 0.5) is 0 Å². The number of hydrogen-bond acceptors (Lipinski definition) is 5. The summed E-state index contributed by atoms with van der Waals surface area (Å²) in [5, 5.41) is 1.94. The van der Waals surface area contributed by atoms with Gasteiger partial charge in [-0.25, -0.2) is 9.79 Å². The molecule has 5 heteroatoms. The fraction of sp³-hybridized carbons (Fsp3) is 0. The third-order valence-electron chi connectivity index (χ3n) is 2.35. The number of hydrogen-bond donors (Lipinski definition) is 0. The van der Waals surface area contributed by atoms with Crippen LogP contribution in [0.2, 0.25) is 0 Å². The van der Waals surface area contributed by atoms with Gasteiger partial charge >= 0.3 is 5.97 Å². The van der Waals surface area contributed by atoms with Gasteiger partial charge in [-0.1, -0.05) is 6.07 Å². The first-order valence-electron chi connectivity index (χ1n) is 5.29. The summed E-state index contributed by atoms with van der Waals surface area (Å²) in [5.41, 5.74) is 1.01. The lowest BCUT2D eigenvalue weighted by Gasteiger charge is -1.96. The van der Waals surface area contributed by atoms with E-state index >= 15 is 0 Å². The van der Waals surface area contributed by atoms with Crippen molar-refractivity contribution in [1.29, 1.82) is 0 Å². The van der Waals surface area contributed by atoms with E-state index < -0.39 is 5.97 Å². The molecule has 0 unspecified atom stereocenters. The Morgan fingerprint density at radius 1 is 1.28 bits per heavy atom. The highest BCUT2D eigenvalue weighted by atomic mass is 32.1. The van der Waals surface area contributed by atoms with Gasteiger partial charge in [0.25, 0.3) is 0 Å². The Balaban J connectivity index is 1.95. The highest BCUT2D eigenvalue weighted by molar-refractivity contribution is 7.10. The minimum absolute atomic E-state index is 0.302. The summed E-state index contributed by atoms with van der Waals surface area (Å²) < 4.78 is 5.12. The smallest absolute Gasteiger partial charge is 0.363 e. The molecule has 0 spiro atoms. The van der Waals surface area contributed by atoms with Gasteiger partial charge in [0.1, 0.15) is 0 Å². The van der Waals surface area contributed by atoms with Gasteiger partial charge in [-0.2, -0.15) is 0 Å². The number of esters is 1. The summed E-state index contributed by atoms with van der Waals surface area (Å²) in [7, 11) is 0. The average molecular weight is 256 g/mol. The van der Waals surface area contributed by atoms with E-state index in [0.717, 1.165) is 4.88 Å². The lowest BCUT2D eigenvalue weighted by atomic mass is 10.3. The van der Waals surface area contributed by atoms with Gasteiger partial charge in [0.05, 0.1) is 5.56 Å². The zero-order valence-electron chi connectivity index (χ0n) is 9.24. The molecule has 4 nitrogen and oxygen atoms in total. The Bertz CT molecular complexity index is 630. The van der Waals surface area contributed by atoms with Crippen LogP contribution in [0.5, 0.6) is 0 Å². The van der Waals surface area contributed by atoms with Crippen LogP contribution in [0.3, 0.4) is 0 Å². The van der Waals surface area contributed by atoms with Crippen molar-refractivity contribution in [2.24, 2.45) is 4.99 Å². The molecule has 0 fully saturated rings. The monoisotopic (exact) mass is 256 g/mol. The largest absolute Gasteiger partial charge is 0.402 e. The zero-order valence-corrected chi connectivity index (χ0v) is 10.1. The quantitative estimate of drug-likeness (QED) is 0.612. The lowest BCUT2D eigenvalue weighted by Crippen LogP contribution is -2.05. The van der Waals surface area contributed by atoms with Crippen molar-refractivity contribution in [3.05, 3.63) is 58.2 Å². The molecule has 18 heavy (non-hydrogen) atoms. The molecule has 0 saturated heterocycles. The molecule has 1 aliphatic heterocycles. The van der Waals surface area contributed by atoms with Crippen molar-refractivity contribution in [2.45, 2.75) is 0 Å². The van der Waals surface area contributed by atoms with E-state index in [9.17, 15) is 4.79 Å². The van der Waals surface area contributed by atoms with Crippen molar-refractivity contribution >= 4 is 29.3 Å². The molecule has 0 bridgehead atoms. The van der Waals surface area contributed by atoms with E-state index in [0.29, 0.717) is 17.2 Å². The molecule has 88 valence electrons. The van der Waals surface area contributed by atoms with Crippen molar-refractivity contribution in [1.82, 2.24) is 4.98 Å². The standard InChI is InChI=1S/C13H8N2O2S/c16-13-11(7-10-4-2-6-18-10)15-12(17-13)9-3-1-5-14-8-9/h1-8H. The number of aromatic nitrogens is 1. The second kappa shape index (κ2) is 4.54. The Kier molecular flexibility index (Phi) is 2.74. The van der Waals surface area contributed by atoms with Crippen molar-refractivity contribution < 1.29 is 9.53 Å². The number of thiophene rings is 1. The lowest BCUT2D eigenvalue weighted by molar-refractivity contribution is -0.129. The number of carbonyl (C=O) groups is 1. The number of cyclic esters (lactones) is 1. The van der Waals surface area contributed by atoms with Gasteiger partial charge in [0.2, 0.25) is 5.90 Å². The van der Waals surface area contributed by atoms with Gasteiger partial charge in [-0.15, -0.1) is 11.3 Å². The average Bonchev–Trinajstić information content (AvgIpc) is 3.02. The van der Waals surface area contributed by atoms with Crippen LogP contribution in [-0.2, 0) is 9.53 Å². The SMILES string of the molecule is O=C1OC(c2cccnc2)=NC1=Cc1cccs1. The van der Waals surface area contributed by atoms with Gasteiger partial charge in [0.15, 0.2) is 5.70 Å². The Labute approximate surface area is 107 Å². The van der Waals surface area contributed by atoms with Gasteiger partial charge in [-0.05, 0) is 29.7 Å². The minimum Gasteiger partial charge on any atom is -0.402 e. The van der Waals surface area contributed by atoms with Crippen molar-refractivity contribution in [3.63, 3.8) is 0 Å². The number of aliphatic imine (C=N–C) groups is 1. The van der Waals surface area contributed by atoms with E-state index in [4.69, 9.17) is 4.74 Å². The highest BCUT2D eigenvalue weighted by Crippen LogP contribution is 2.20. The third-order valence-corrected chi connectivity index (χ3v) is 3.17. The summed E-state index contributed by atoms with van der Waals surface area (Å²) in [6.07, 6.45) is 4.99. The molecular formula is C13H8N2O2S. The molecule has 1 aliphatic rings. The maximum atomic E-state index is 11.7. The Morgan fingerprint density at radius 2 is 2.22 bits per heavy atom. The van der Waals surface area contributed by atoms with Crippen LogP contribution in [0.1, 0.15) is 10.4 Å². The summed E-state index contributed by atoms with van der Waals surface area (Å²) in [5.74, 6) is -0.127. The second-order valence-corrected chi connectivity index (χ2v) is 4.57. The summed E-state index contributed by atoms with van der Waals surface area (Å²) in [6, 6.07) is 7.41. The van der Waals surface area contributed by atoms with E-state index in [1.54, 1.807) is 41.9 Å². The molecule has 0 aromatic carbocycles. The zero-order chi connectivity index (χ0) is 12.4. The van der Waals surface area contributed by atoms with Gasteiger partial charge in [0, 0.05) is 17.3 Å². The fourth-order valence-corrected chi connectivity index (χ4v) is 2.18. The normalized spacial score (nSPS) is 16.8.